The summed E-state index contributed by atoms with van der Waals surface area (Å²) in [4.78, 5) is 11.4. The zero-order chi connectivity index (χ0) is 11.0. The van der Waals surface area contributed by atoms with Gasteiger partial charge in [-0.1, -0.05) is 6.92 Å². The van der Waals surface area contributed by atoms with E-state index in [-0.39, 0.29) is 0 Å². The van der Waals surface area contributed by atoms with E-state index in [2.05, 4.69) is 27.1 Å². The molecule has 2 saturated heterocycles. The first-order valence-corrected chi connectivity index (χ1v) is 6.14. The van der Waals surface area contributed by atoms with Gasteiger partial charge in [0.2, 0.25) is 0 Å². The summed E-state index contributed by atoms with van der Waals surface area (Å²) in [7, 11) is 0. The Hall–Kier alpha value is -1.16. The fraction of sp³-hybridized carbons (Fsp3) is 0.667. The fourth-order valence-corrected chi connectivity index (χ4v) is 2.48. The van der Waals surface area contributed by atoms with Gasteiger partial charge in [0.15, 0.2) is 5.82 Å². The quantitative estimate of drug-likeness (QED) is 0.813. The number of rotatable bonds is 2. The molecule has 16 heavy (non-hydrogen) atoms. The predicted molar refractivity (Wildman–Crippen MR) is 63.4 cm³/mol. The van der Waals surface area contributed by atoms with E-state index in [1.54, 1.807) is 12.4 Å². The monoisotopic (exact) mass is 218 g/mol. The van der Waals surface area contributed by atoms with Crippen LogP contribution in [0.2, 0.25) is 0 Å². The maximum Gasteiger partial charge on any atom is 0.151 e. The molecule has 3 heterocycles. The van der Waals surface area contributed by atoms with Gasteiger partial charge in [-0.25, -0.2) is 4.98 Å². The van der Waals surface area contributed by atoms with E-state index in [0.29, 0.717) is 6.04 Å². The van der Waals surface area contributed by atoms with Gasteiger partial charge < -0.3 is 10.2 Å². The van der Waals surface area contributed by atoms with Gasteiger partial charge in [0.25, 0.3) is 0 Å². The molecule has 0 spiro atoms. The standard InChI is InChI=1S/C12H18N4/c1-9-3-7-16(8-9)12-11(10-2-4-13-10)14-5-6-15-12/h5-6,9-10,13H,2-4,7-8H2,1H3. The van der Waals surface area contributed by atoms with Crippen molar-refractivity contribution in [3.8, 4) is 0 Å². The lowest BCUT2D eigenvalue weighted by Gasteiger charge is -2.30. The third-order valence-corrected chi connectivity index (χ3v) is 3.58. The molecule has 2 aliphatic rings. The van der Waals surface area contributed by atoms with E-state index >= 15 is 0 Å². The fourth-order valence-electron chi connectivity index (χ4n) is 2.48. The lowest BCUT2D eigenvalue weighted by Crippen LogP contribution is -2.37. The normalized spacial score (nSPS) is 29.2. The Kier molecular flexibility index (Phi) is 2.52. The average Bonchev–Trinajstić information content (AvgIpc) is 2.63. The third-order valence-electron chi connectivity index (χ3n) is 3.58. The van der Waals surface area contributed by atoms with Crippen LogP contribution in [0, 0.1) is 5.92 Å². The second-order valence-electron chi connectivity index (χ2n) is 4.90. The Morgan fingerprint density at radius 3 is 2.75 bits per heavy atom. The zero-order valence-electron chi connectivity index (χ0n) is 9.69. The van der Waals surface area contributed by atoms with Gasteiger partial charge in [-0.15, -0.1) is 0 Å². The van der Waals surface area contributed by atoms with Crippen molar-refractivity contribution in [3.05, 3.63) is 18.1 Å². The van der Waals surface area contributed by atoms with E-state index in [4.69, 9.17) is 0 Å². The average molecular weight is 218 g/mol. The number of hydrogen-bond donors (Lipinski definition) is 1. The van der Waals surface area contributed by atoms with E-state index in [0.717, 1.165) is 37.1 Å². The van der Waals surface area contributed by atoms with Crippen LogP contribution in [0.1, 0.15) is 31.5 Å². The first-order chi connectivity index (χ1) is 7.84. The molecule has 0 aromatic carbocycles. The Morgan fingerprint density at radius 1 is 1.31 bits per heavy atom. The molecule has 2 unspecified atom stereocenters. The molecule has 1 N–H and O–H groups in total. The van der Waals surface area contributed by atoms with Crippen molar-refractivity contribution in [2.75, 3.05) is 24.5 Å². The van der Waals surface area contributed by atoms with Crippen LogP contribution in [-0.4, -0.2) is 29.6 Å². The van der Waals surface area contributed by atoms with Gasteiger partial charge in [-0.3, -0.25) is 4.98 Å². The van der Waals surface area contributed by atoms with Crippen molar-refractivity contribution >= 4 is 5.82 Å². The van der Waals surface area contributed by atoms with Crippen LogP contribution in [-0.2, 0) is 0 Å². The second kappa shape index (κ2) is 4.01. The lowest BCUT2D eigenvalue weighted by molar-refractivity contribution is 0.374. The van der Waals surface area contributed by atoms with E-state index < -0.39 is 0 Å². The highest BCUT2D eigenvalue weighted by molar-refractivity contribution is 5.46. The van der Waals surface area contributed by atoms with Crippen molar-refractivity contribution in [1.29, 1.82) is 0 Å². The molecule has 0 aliphatic carbocycles. The van der Waals surface area contributed by atoms with Crippen molar-refractivity contribution in [2.24, 2.45) is 5.92 Å². The molecular weight excluding hydrogens is 200 g/mol. The third kappa shape index (κ3) is 1.67. The number of aromatic nitrogens is 2. The van der Waals surface area contributed by atoms with Crippen LogP contribution in [0.3, 0.4) is 0 Å². The van der Waals surface area contributed by atoms with Crippen molar-refractivity contribution < 1.29 is 0 Å². The molecule has 86 valence electrons. The molecule has 4 nitrogen and oxygen atoms in total. The molecule has 4 heteroatoms. The van der Waals surface area contributed by atoms with E-state index in [9.17, 15) is 0 Å². The van der Waals surface area contributed by atoms with E-state index in [1.807, 2.05) is 0 Å². The molecule has 2 atom stereocenters. The van der Waals surface area contributed by atoms with Gasteiger partial charge in [-0.2, -0.15) is 0 Å². The predicted octanol–water partition coefficient (Wildman–Crippen LogP) is 1.36. The highest BCUT2D eigenvalue weighted by Gasteiger charge is 2.28. The Labute approximate surface area is 96.1 Å². The largest absolute Gasteiger partial charge is 0.355 e. The lowest BCUT2D eigenvalue weighted by atomic mass is 10.0. The SMILES string of the molecule is CC1CCN(c2nccnc2C2CCN2)C1. The van der Waals surface area contributed by atoms with Gasteiger partial charge in [0, 0.05) is 25.5 Å². The van der Waals surface area contributed by atoms with Crippen LogP contribution < -0.4 is 10.2 Å². The first-order valence-electron chi connectivity index (χ1n) is 6.14. The maximum atomic E-state index is 4.52. The summed E-state index contributed by atoms with van der Waals surface area (Å²) in [6.45, 7) is 5.66. The zero-order valence-corrected chi connectivity index (χ0v) is 9.69. The Bertz CT molecular complexity index is 375. The minimum Gasteiger partial charge on any atom is -0.355 e. The molecule has 3 rings (SSSR count). The Balaban J connectivity index is 1.87. The first kappa shape index (κ1) is 10.0. The minimum absolute atomic E-state index is 0.430. The summed E-state index contributed by atoms with van der Waals surface area (Å²) < 4.78 is 0. The molecule has 0 saturated carbocycles. The van der Waals surface area contributed by atoms with Gasteiger partial charge in [0.1, 0.15) is 0 Å². The highest BCUT2D eigenvalue weighted by atomic mass is 15.2. The minimum atomic E-state index is 0.430. The van der Waals surface area contributed by atoms with Crippen molar-refractivity contribution in [2.45, 2.75) is 25.8 Å². The topological polar surface area (TPSA) is 41.1 Å². The number of nitrogens with one attached hydrogen (secondary N) is 1. The van der Waals surface area contributed by atoms with Crippen LogP contribution in [0.25, 0.3) is 0 Å². The summed E-state index contributed by atoms with van der Waals surface area (Å²) in [5, 5.41) is 3.41. The molecule has 1 aromatic rings. The Morgan fingerprint density at radius 2 is 2.12 bits per heavy atom. The van der Waals surface area contributed by atoms with Gasteiger partial charge in [-0.05, 0) is 25.3 Å². The van der Waals surface area contributed by atoms with Gasteiger partial charge in [0.05, 0.1) is 11.7 Å². The summed E-state index contributed by atoms with van der Waals surface area (Å²) in [5.41, 5.74) is 1.14. The van der Waals surface area contributed by atoms with Crippen LogP contribution in [0.5, 0.6) is 0 Å². The van der Waals surface area contributed by atoms with Crippen LogP contribution in [0.4, 0.5) is 5.82 Å². The second-order valence-corrected chi connectivity index (χ2v) is 4.90. The molecule has 2 fully saturated rings. The molecule has 0 amide bonds. The molecule has 1 aromatic heterocycles. The summed E-state index contributed by atoms with van der Waals surface area (Å²) in [6.07, 6.45) is 6.07. The molecule has 2 aliphatic heterocycles. The smallest absolute Gasteiger partial charge is 0.151 e. The van der Waals surface area contributed by atoms with Crippen molar-refractivity contribution in [1.82, 2.24) is 15.3 Å². The molecule has 0 bridgehead atoms. The maximum absolute atomic E-state index is 4.52. The molecular formula is C12H18N4. The highest BCUT2D eigenvalue weighted by Crippen LogP contribution is 2.30. The van der Waals surface area contributed by atoms with Gasteiger partial charge >= 0.3 is 0 Å². The van der Waals surface area contributed by atoms with Crippen LogP contribution >= 0.6 is 0 Å². The number of hydrogen-bond acceptors (Lipinski definition) is 4. The summed E-state index contributed by atoms with van der Waals surface area (Å²) in [6, 6.07) is 0.430. The van der Waals surface area contributed by atoms with Crippen LogP contribution in [0.15, 0.2) is 12.4 Å². The number of nitrogens with zero attached hydrogens (tertiary/aromatic N) is 3. The molecule has 0 radical (unpaired) electrons. The summed E-state index contributed by atoms with van der Waals surface area (Å²) >= 11 is 0. The number of anilines is 1. The summed E-state index contributed by atoms with van der Waals surface area (Å²) in [5.74, 6) is 1.88. The van der Waals surface area contributed by atoms with E-state index in [1.165, 1.54) is 12.8 Å². The van der Waals surface area contributed by atoms with Crippen molar-refractivity contribution in [3.63, 3.8) is 0 Å².